The molecule has 0 bridgehead atoms. The van der Waals surface area contributed by atoms with Gasteiger partial charge < -0.3 is 14.0 Å². The number of nitrogens with zero attached hydrogens (tertiary/aromatic N) is 4. The minimum atomic E-state index is 0.361. The fraction of sp³-hybridized carbons (Fsp3) is 0.375. The van der Waals surface area contributed by atoms with Gasteiger partial charge in [0.25, 0.3) is 5.89 Å². The van der Waals surface area contributed by atoms with E-state index in [1.54, 1.807) is 20.4 Å². The Balaban J connectivity index is 1.69. The lowest BCUT2D eigenvalue weighted by Crippen LogP contribution is -2.08. The number of methoxy groups -OCH3 is 2. The smallest absolute Gasteiger partial charge is 0.278 e. The Kier molecular flexibility index (Phi) is 3.89. The molecule has 0 radical (unpaired) electrons. The van der Waals surface area contributed by atoms with E-state index in [4.69, 9.17) is 14.0 Å². The van der Waals surface area contributed by atoms with Gasteiger partial charge in [-0.15, -0.1) is 11.3 Å². The molecule has 3 aromatic rings. The molecule has 0 saturated carbocycles. The van der Waals surface area contributed by atoms with Crippen LogP contribution in [0.1, 0.15) is 24.2 Å². The highest BCUT2D eigenvalue weighted by Gasteiger charge is 2.21. The zero-order valence-electron chi connectivity index (χ0n) is 13.4. The number of hydrogen-bond donors (Lipinski definition) is 0. The third-order valence-corrected chi connectivity index (χ3v) is 4.93. The van der Waals surface area contributed by atoms with Crippen LogP contribution in [0.2, 0.25) is 0 Å². The molecule has 1 aliphatic rings. The Bertz CT molecular complexity index is 874. The summed E-state index contributed by atoms with van der Waals surface area (Å²) < 4.78 is 16.0. The third-order valence-electron chi connectivity index (χ3n) is 3.99. The molecule has 3 aromatic heterocycles. The van der Waals surface area contributed by atoms with E-state index in [1.807, 2.05) is 5.38 Å². The van der Waals surface area contributed by atoms with Crippen molar-refractivity contribution >= 4 is 11.3 Å². The lowest BCUT2D eigenvalue weighted by molar-refractivity contribution is 0.358. The van der Waals surface area contributed by atoms with Crippen molar-refractivity contribution in [3.05, 3.63) is 23.0 Å². The molecule has 24 heavy (non-hydrogen) atoms. The van der Waals surface area contributed by atoms with Gasteiger partial charge >= 0.3 is 0 Å². The van der Waals surface area contributed by atoms with Crippen molar-refractivity contribution in [3.63, 3.8) is 0 Å². The molecular formula is C16H16N4O3S. The molecule has 3 heterocycles. The second kappa shape index (κ2) is 6.20. The summed E-state index contributed by atoms with van der Waals surface area (Å²) in [7, 11) is 3.18. The van der Waals surface area contributed by atoms with Crippen LogP contribution in [0.4, 0.5) is 0 Å². The van der Waals surface area contributed by atoms with Crippen molar-refractivity contribution in [2.75, 3.05) is 14.2 Å². The van der Waals surface area contributed by atoms with Gasteiger partial charge in [-0.2, -0.15) is 4.98 Å². The first-order chi connectivity index (χ1) is 11.8. The summed E-state index contributed by atoms with van der Waals surface area (Å²) in [5.41, 5.74) is 2.72. The monoisotopic (exact) mass is 344 g/mol. The Hall–Kier alpha value is -2.48. The molecule has 0 atom stereocenters. The number of thiophene rings is 1. The third kappa shape index (κ3) is 2.52. The van der Waals surface area contributed by atoms with Crippen LogP contribution in [0.15, 0.2) is 16.1 Å². The summed E-state index contributed by atoms with van der Waals surface area (Å²) in [5.74, 6) is 2.07. The second-order valence-electron chi connectivity index (χ2n) is 5.45. The highest BCUT2D eigenvalue weighted by Crippen LogP contribution is 2.43. The predicted octanol–water partition coefficient (Wildman–Crippen LogP) is 3.15. The van der Waals surface area contributed by atoms with E-state index in [1.165, 1.54) is 17.8 Å². The number of hydrogen-bond acceptors (Lipinski definition) is 8. The van der Waals surface area contributed by atoms with E-state index >= 15 is 0 Å². The molecular weight excluding hydrogens is 328 g/mol. The average Bonchev–Trinajstić information content (AvgIpc) is 3.27. The van der Waals surface area contributed by atoms with Gasteiger partial charge in [-0.25, -0.2) is 4.98 Å². The fourth-order valence-electron chi connectivity index (χ4n) is 2.79. The molecule has 8 heteroatoms. The maximum Gasteiger partial charge on any atom is 0.278 e. The minimum Gasteiger partial charge on any atom is -0.492 e. The molecule has 0 fully saturated rings. The Morgan fingerprint density at radius 2 is 1.92 bits per heavy atom. The maximum absolute atomic E-state index is 5.39. The van der Waals surface area contributed by atoms with Gasteiger partial charge in [-0.1, -0.05) is 5.16 Å². The molecule has 4 rings (SSSR count). The van der Waals surface area contributed by atoms with Gasteiger partial charge in [0, 0.05) is 5.38 Å². The number of ether oxygens (including phenoxy) is 2. The van der Waals surface area contributed by atoms with Crippen molar-refractivity contribution in [3.8, 4) is 33.8 Å². The van der Waals surface area contributed by atoms with Crippen LogP contribution in [0.5, 0.6) is 11.5 Å². The van der Waals surface area contributed by atoms with E-state index in [2.05, 4.69) is 20.1 Å². The van der Waals surface area contributed by atoms with E-state index in [9.17, 15) is 0 Å². The normalized spacial score (nSPS) is 13.6. The Morgan fingerprint density at radius 3 is 2.71 bits per heavy atom. The van der Waals surface area contributed by atoms with Crippen LogP contribution >= 0.6 is 11.3 Å². The van der Waals surface area contributed by atoms with Crippen molar-refractivity contribution in [2.45, 2.75) is 25.7 Å². The highest BCUT2D eigenvalue weighted by molar-refractivity contribution is 7.14. The lowest BCUT2D eigenvalue weighted by atomic mass is 10.0. The van der Waals surface area contributed by atoms with Crippen molar-refractivity contribution in [1.82, 2.24) is 20.1 Å². The van der Waals surface area contributed by atoms with Crippen LogP contribution in [-0.4, -0.2) is 34.3 Å². The topological polar surface area (TPSA) is 83.2 Å². The second-order valence-corrected chi connectivity index (χ2v) is 6.32. The highest BCUT2D eigenvalue weighted by atomic mass is 32.1. The zero-order chi connectivity index (χ0) is 16.5. The summed E-state index contributed by atoms with van der Waals surface area (Å²) in [6, 6.07) is 0. The number of fused-ring (bicyclic) bond motifs is 1. The summed E-state index contributed by atoms with van der Waals surface area (Å²) in [5, 5.41) is 5.90. The van der Waals surface area contributed by atoms with Gasteiger partial charge in [-0.05, 0) is 25.7 Å². The quantitative estimate of drug-likeness (QED) is 0.719. The van der Waals surface area contributed by atoms with Gasteiger partial charge in [-0.3, -0.25) is 4.98 Å². The van der Waals surface area contributed by atoms with Gasteiger partial charge in [0.2, 0.25) is 5.82 Å². The first kappa shape index (κ1) is 15.1. The lowest BCUT2D eigenvalue weighted by Gasteiger charge is -2.13. The molecule has 0 aliphatic heterocycles. The van der Waals surface area contributed by atoms with E-state index in [-0.39, 0.29) is 0 Å². The Labute approximate surface area is 142 Å². The maximum atomic E-state index is 5.39. The average molecular weight is 344 g/mol. The molecule has 0 unspecified atom stereocenters. The van der Waals surface area contributed by atoms with Gasteiger partial charge in [0.1, 0.15) is 10.6 Å². The van der Waals surface area contributed by atoms with E-state index < -0.39 is 0 Å². The van der Waals surface area contributed by atoms with Crippen LogP contribution in [0.3, 0.4) is 0 Å². The van der Waals surface area contributed by atoms with Gasteiger partial charge in [0.05, 0.1) is 31.8 Å². The summed E-state index contributed by atoms with van der Waals surface area (Å²) in [6.45, 7) is 0. The van der Waals surface area contributed by atoms with Gasteiger partial charge in [0.15, 0.2) is 11.5 Å². The van der Waals surface area contributed by atoms with E-state index in [0.717, 1.165) is 35.5 Å². The molecule has 0 N–H and O–H groups in total. The number of aryl methyl sites for hydroxylation is 2. The molecule has 124 valence electrons. The molecule has 1 aliphatic carbocycles. The molecule has 0 amide bonds. The summed E-state index contributed by atoms with van der Waals surface area (Å²) in [6.07, 6.45) is 5.96. The largest absolute Gasteiger partial charge is 0.492 e. The number of rotatable bonds is 4. The standard InChI is InChI=1S/C16H16N4O3S/c1-21-12-8-24-14(13(12)22-2)15-19-16(23-20-15)11-7-17-9-5-3-4-6-10(9)18-11/h7-8H,3-6H2,1-2H3. The number of aromatic nitrogens is 4. The van der Waals surface area contributed by atoms with Crippen LogP contribution in [0.25, 0.3) is 22.3 Å². The molecule has 0 aromatic carbocycles. The fourth-order valence-corrected chi connectivity index (χ4v) is 3.70. The first-order valence-corrected chi connectivity index (χ1v) is 8.57. The predicted molar refractivity (Wildman–Crippen MR) is 88.4 cm³/mol. The molecule has 7 nitrogen and oxygen atoms in total. The summed E-state index contributed by atoms with van der Waals surface area (Å²) >= 11 is 1.44. The van der Waals surface area contributed by atoms with Crippen LogP contribution in [-0.2, 0) is 12.8 Å². The minimum absolute atomic E-state index is 0.361. The van der Waals surface area contributed by atoms with Crippen LogP contribution < -0.4 is 9.47 Å². The molecule has 0 saturated heterocycles. The zero-order valence-corrected chi connectivity index (χ0v) is 14.2. The van der Waals surface area contributed by atoms with Crippen LogP contribution in [0, 0.1) is 0 Å². The Morgan fingerprint density at radius 1 is 1.08 bits per heavy atom. The first-order valence-electron chi connectivity index (χ1n) is 7.69. The van der Waals surface area contributed by atoms with Crippen molar-refractivity contribution in [1.29, 1.82) is 0 Å². The van der Waals surface area contributed by atoms with Crippen molar-refractivity contribution in [2.24, 2.45) is 0 Å². The van der Waals surface area contributed by atoms with Crippen molar-refractivity contribution < 1.29 is 14.0 Å². The summed E-state index contributed by atoms with van der Waals surface area (Å²) in [4.78, 5) is 14.3. The SMILES string of the molecule is COc1csc(-c2noc(-c3cnc4c(n3)CCCC4)n2)c1OC. The van der Waals surface area contributed by atoms with E-state index in [0.29, 0.717) is 28.9 Å². The molecule has 0 spiro atoms.